The highest BCUT2D eigenvalue weighted by Crippen LogP contribution is 2.27. The lowest BCUT2D eigenvalue weighted by Gasteiger charge is -2.17. The Morgan fingerprint density at radius 2 is 1.96 bits per heavy atom. The molecular formula is C21H24N2O3. The molecule has 5 heteroatoms. The SMILES string of the molecule is CCOc1ccc(NC(=O)[C@@H]2CC(=O)N(c3cccc(CC)c3)C2)cc1. The van der Waals surface area contributed by atoms with Gasteiger partial charge in [0.1, 0.15) is 5.75 Å². The number of benzene rings is 2. The summed E-state index contributed by atoms with van der Waals surface area (Å²) in [4.78, 5) is 26.6. The number of nitrogens with zero attached hydrogens (tertiary/aromatic N) is 1. The van der Waals surface area contributed by atoms with Crippen molar-refractivity contribution in [1.82, 2.24) is 0 Å². The predicted molar refractivity (Wildman–Crippen MR) is 103 cm³/mol. The van der Waals surface area contributed by atoms with E-state index in [1.54, 1.807) is 4.90 Å². The average Bonchev–Trinajstić information content (AvgIpc) is 3.05. The summed E-state index contributed by atoms with van der Waals surface area (Å²) in [5.41, 5.74) is 2.75. The van der Waals surface area contributed by atoms with Crippen molar-refractivity contribution < 1.29 is 14.3 Å². The summed E-state index contributed by atoms with van der Waals surface area (Å²) in [6, 6.07) is 15.2. The lowest BCUT2D eigenvalue weighted by atomic mass is 10.1. The third-order valence-electron chi connectivity index (χ3n) is 4.56. The molecule has 2 aromatic rings. The van der Waals surface area contributed by atoms with E-state index in [1.165, 1.54) is 5.56 Å². The Labute approximate surface area is 154 Å². The topological polar surface area (TPSA) is 58.6 Å². The van der Waals surface area contributed by atoms with Gasteiger partial charge in [0, 0.05) is 24.3 Å². The summed E-state index contributed by atoms with van der Waals surface area (Å²) >= 11 is 0. The number of aryl methyl sites for hydroxylation is 1. The van der Waals surface area contributed by atoms with Crippen LogP contribution in [0.1, 0.15) is 25.8 Å². The van der Waals surface area contributed by atoms with Gasteiger partial charge >= 0.3 is 0 Å². The van der Waals surface area contributed by atoms with Crippen molar-refractivity contribution in [3.63, 3.8) is 0 Å². The Morgan fingerprint density at radius 1 is 1.19 bits per heavy atom. The lowest BCUT2D eigenvalue weighted by molar-refractivity contribution is -0.122. The van der Waals surface area contributed by atoms with Gasteiger partial charge in [0.25, 0.3) is 0 Å². The Hall–Kier alpha value is -2.82. The first kappa shape index (κ1) is 18.0. The van der Waals surface area contributed by atoms with Gasteiger partial charge in [0.05, 0.1) is 12.5 Å². The van der Waals surface area contributed by atoms with E-state index in [2.05, 4.69) is 12.2 Å². The minimum atomic E-state index is -0.348. The Balaban J connectivity index is 1.64. The third-order valence-corrected chi connectivity index (χ3v) is 4.56. The van der Waals surface area contributed by atoms with Crippen LogP contribution >= 0.6 is 0 Å². The van der Waals surface area contributed by atoms with Crippen molar-refractivity contribution in [3.05, 3.63) is 54.1 Å². The number of rotatable bonds is 6. The van der Waals surface area contributed by atoms with E-state index in [4.69, 9.17) is 4.74 Å². The molecule has 2 amide bonds. The molecule has 1 saturated heterocycles. The number of hydrogen-bond donors (Lipinski definition) is 1. The standard InChI is InChI=1S/C21H24N2O3/c1-3-15-6-5-7-18(12-15)23-14-16(13-20(23)24)21(25)22-17-8-10-19(11-9-17)26-4-2/h5-12,16H,3-4,13-14H2,1-2H3,(H,22,25)/t16-/m1/s1. The van der Waals surface area contributed by atoms with Crippen LogP contribution in [0.2, 0.25) is 0 Å². The van der Waals surface area contributed by atoms with Crippen molar-refractivity contribution in [2.45, 2.75) is 26.7 Å². The van der Waals surface area contributed by atoms with Crippen LogP contribution in [-0.4, -0.2) is 25.0 Å². The number of hydrogen-bond acceptors (Lipinski definition) is 3. The minimum Gasteiger partial charge on any atom is -0.494 e. The van der Waals surface area contributed by atoms with Crippen LogP contribution in [0.5, 0.6) is 5.75 Å². The first-order valence-electron chi connectivity index (χ1n) is 9.03. The fourth-order valence-corrected chi connectivity index (χ4v) is 3.12. The zero-order valence-corrected chi connectivity index (χ0v) is 15.2. The normalized spacial score (nSPS) is 16.6. The predicted octanol–water partition coefficient (Wildman–Crippen LogP) is 3.64. The van der Waals surface area contributed by atoms with Crippen molar-refractivity contribution in [3.8, 4) is 5.75 Å². The van der Waals surface area contributed by atoms with Gasteiger partial charge in [-0.1, -0.05) is 19.1 Å². The van der Waals surface area contributed by atoms with E-state index in [0.29, 0.717) is 18.8 Å². The molecule has 1 atom stereocenters. The van der Waals surface area contributed by atoms with E-state index in [0.717, 1.165) is 17.9 Å². The summed E-state index contributed by atoms with van der Waals surface area (Å²) in [6.07, 6.45) is 1.15. The van der Waals surface area contributed by atoms with Gasteiger partial charge in [0.2, 0.25) is 11.8 Å². The fourth-order valence-electron chi connectivity index (χ4n) is 3.12. The molecule has 0 aromatic heterocycles. The van der Waals surface area contributed by atoms with Crippen LogP contribution in [0.25, 0.3) is 0 Å². The molecule has 1 heterocycles. The molecule has 1 aliphatic heterocycles. The minimum absolute atomic E-state index is 0.00917. The Bertz CT molecular complexity index is 786. The van der Waals surface area contributed by atoms with Crippen LogP contribution in [-0.2, 0) is 16.0 Å². The van der Waals surface area contributed by atoms with Crippen LogP contribution in [0, 0.1) is 5.92 Å². The van der Waals surface area contributed by atoms with E-state index < -0.39 is 0 Å². The fraction of sp³-hybridized carbons (Fsp3) is 0.333. The molecule has 0 unspecified atom stereocenters. The molecule has 0 aliphatic carbocycles. The number of anilines is 2. The van der Waals surface area contributed by atoms with Crippen LogP contribution < -0.4 is 15.0 Å². The monoisotopic (exact) mass is 352 g/mol. The molecular weight excluding hydrogens is 328 g/mol. The van der Waals surface area contributed by atoms with Gasteiger partial charge in [-0.3, -0.25) is 9.59 Å². The Kier molecular flexibility index (Phi) is 5.56. The molecule has 0 radical (unpaired) electrons. The van der Waals surface area contributed by atoms with E-state index in [9.17, 15) is 9.59 Å². The molecule has 1 fully saturated rings. The van der Waals surface area contributed by atoms with E-state index in [-0.39, 0.29) is 24.2 Å². The molecule has 3 rings (SSSR count). The smallest absolute Gasteiger partial charge is 0.229 e. The van der Waals surface area contributed by atoms with Crippen LogP contribution in [0.4, 0.5) is 11.4 Å². The highest BCUT2D eigenvalue weighted by molar-refractivity contribution is 6.03. The van der Waals surface area contributed by atoms with Gasteiger partial charge in [-0.2, -0.15) is 0 Å². The molecule has 5 nitrogen and oxygen atoms in total. The quantitative estimate of drug-likeness (QED) is 0.863. The van der Waals surface area contributed by atoms with Crippen molar-refractivity contribution in [2.24, 2.45) is 5.92 Å². The van der Waals surface area contributed by atoms with Gasteiger partial charge in [-0.05, 0) is 55.3 Å². The second-order valence-electron chi connectivity index (χ2n) is 6.38. The number of amides is 2. The zero-order chi connectivity index (χ0) is 18.5. The molecule has 0 spiro atoms. The molecule has 0 saturated carbocycles. The van der Waals surface area contributed by atoms with Crippen molar-refractivity contribution in [2.75, 3.05) is 23.4 Å². The molecule has 0 bridgehead atoms. The summed E-state index contributed by atoms with van der Waals surface area (Å²) < 4.78 is 5.40. The highest BCUT2D eigenvalue weighted by Gasteiger charge is 2.35. The molecule has 2 aromatic carbocycles. The maximum atomic E-state index is 12.5. The highest BCUT2D eigenvalue weighted by atomic mass is 16.5. The van der Waals surface area contributed by atoms with Gasteiger partial charge in [-0.15, -0.1) is 0 Å². The zero-order valence-electron chi connectivity index (χ0n) is 15.2. The van der Waals surface area contributed by atoms with Gasteiger partial charge in [-0.25, -0.2) is 0 Å². The maximum absolute atomic E-state index is 12.5. The van der Waals surface area contributed by atoms with Crippen LogP contribution in [0.3, 0.4) is 0 Å². The number of ether oxygens (including phenoxy) is 1. The maximum Gasteiger partial charge on any atom is 0.229 e. The third kappa shape index (κ3) is 4.04. The number of carbonyl (C=O) groups is 2. The number of carbonyl (C=O) groups excluding carboxylic acids is 2. The summed E-state index contributed by atoms with van der Waals surface area (Å²) in [7, 11) is 0. The Morgan fingerprint density at radius 3 is 2.65 bits per heavy atom. The number of nitrogens with one attached hydrogen (secondary N) is 1. The average molecular weight is 352 g/mol. The summed E-state index contributed by atoms with van der Waals surface area (Å²) in [6.45, 7) is 5.02. The van der Waals surface area contributed by atoms with Gasteiger partial charge < -0.3 is 15.0 Å². The van der Waals surface area contributed by atoms with E-state index in [1.807, 2.05) is 55.5 Å². The second-order valence-corrected chi connectivity index (χ2v) is 6.38. The molecule has 1 N–H and O–H groups in total. The largest absolute Gasteiger partial charge is 0.494 e. The van der Waals surface area contributed by atoms with E-state index >= 15 is 0 Å². The van der Waals surface area contributed by atoms with Gasteiger partial charge in [0.15, 0.2) is 0 Å². The molecule has 136 valence electrons. The molecule has 26 heavy (non-hydrogen) atoms. The second kappa shape index (κ2) is 8.04. The first-order chi connectivity index (χ1) is 12.6. The van der Waals surface area contributed by atoms with Crippen LogP contribution in [0.15, 0.2) is 48.5 Å². The summed E-state index contributed by atoms with van der Waals surface area (Å²) in [5, 5.41) is 2.89. The summed E-state index contributed by atoms with van der Waals surface area (Å²) in [5.74, 6) is 0.282. The lowest BCUT2D eigenvalue weighted by Crippen LogP contribution is -2.28. The first-order valence-corrected chi connectivity index (χ1v) is 9.03. The van der Waals surface area contributed by atoms with Crippen molar-refractivity contribution >= 4 is 23.2 Å². The molecule has 1 aliphatic rings. The van der Waals surface area contributed by atoms with Crippen molar-refractivity contribution in [1.29, 1.82) is 0 Å².